The molecule has 0 spiro atoms. The first-order chi connectivity index (χ1) is 8.39. The van der Waals surface area contributed by atoms with Crippen LogP contribution in [0.15, 0.2) is 0 Å². The zero-order valence-electron chi connectivity index (χ0n) is 10.4. The van der Waals surface area contributed by atoms with Gasteiger partial charge in [0.25, 0.3) is 5.91 Å². The number of hydrogen-bond donors (Lipinski definition) is 0. The molecule has 3 nitrogen and oxygen atoms in total. The smallest absolute Gasteiger partial charge is 0.365 e. The highest BCUT2D eigenvalue weighted by Crippen LogP contribution is 2.40. The molecule has 6 heteroatoms. The standard InChI is InChI=1S/C12H18F3NO2/c1-2-18-11(5-3-6-11)10(17)16-7-4-9(8-16)12(13,14)15/h9H,2-8H2,1H3. The highest BCUT2D eigenvalue weighted by Gasteiger charge is 2.51. The van der Waals surface area contributed by atoms with Crippen molar-refractivity contribution in [2.75, 3.05) is 19.7 Å². The molecule has 1 atom stereocenters. The number of rotatable bonds is 3. The van der Waals surface area contributed by atoms with Gasteiger partial charge in [-0.1, -0.05) is 0 Å². The van der Waals surface area contributed by atoms with Crippen LogP contribution < -0.4 is 0 Å². The summed E-state index contributed by atoms with van der Waals surface area (Å²) in [6, 6.07) is 0. The number of nitrogens with zero attached hydrogens (tertiary/aromatic N) is 1. The molecule has 2 aliphatic rings. The molecule has 1 aliphatic heterocycles. The monoisotopic (exact) mass is 265 g/mol. The highest BCUT2D eigenvalue weighted by atomic mass is 19.4. The summed E-state index contributed by atoms with van der Waals surface area (Å²) >= 11 is 0. The van der Waals surface area contributed by atoms with E-state index < -0.39 is 17.7 Å². The fourth-order valence-electron chi connectivity index (χ4n) is 2.69. The Morgan fingerprint density at radius 3 is 2.50 bits per heavy atom. The number of alkyl halides is 3. The molecule has 18 heavy (non-hydrogen) atoms. The minimum absolute atomic E-state index is 0.0114. The number of ether oxygens (including phenoxy) is 1. The Kier molecular flexibility index (Phi) is 3.58. The third kappa shape index (κ3) is 2.35. The Balaban J connectivity index is 1.99. The Bertz CT molecular complexity index is 326. The van der Waals surface area contributed by atoms with Gasteiger partial charge in [0, 0.05) is 19.7 Å². The van der Waals surface area contributed by atoms with Crippen LogP contribution in [0.1, 0.15) is 32.6 Å². The van der Waals surface area contributed by atoms with Crippen molar-refractivity contribution >= 4 is 5.91 Å². The van der Waals surface area contributed by atoms with Gasteiger partial charge in [0.1, 0.15) is 5.60 Å². The van der Waals surface area contributed by atoms with Gasteiger partial charge in [0.05, 0.1) is 5.92 Å². The van der Waals surface area contributed by atoms with Crippen LogP contribution >= 0.6 is 0 Å². The Labute approximate surface area is 104 Å². The van der Waals surface area contributed by atoms with Gasteiger partial charge >= 0.3 is 6.18 Å². The minimum Gasteiger partial charge on any atom is -0.365 e. The molecule has 0 N–H and O–H groups in total. The van der Waals surface area contributed by atoms with Crippen molar-refractivity contribution in [3.63, 3.8) is 0 Å². The summed E-state index contributed by atoms with van der Waals surface area (Å²) < 4.78 is 43.2. The van der Waals surface area contributed by atoms with Crippen LogP contribution in [0.3, 0.4) is 0 Å². The van der Waals surface area contributed by atoms with E-state index in [2.05, 4.69) is 0 Å². The third-order valence-electron chi connectivity index (χ3n) is 3.91. The average Bonchev–Trinajstić information content (AvgIpc) is 2.71. The number of carbonyl (C=O) groups excluding carboxylic acids is 1. The predicted molar refractivity (Wildman–Crippen MR) is 59.0 cm³/mol. The van der Waals surface area contributed by atoms with Gasteiger partial charge in [-0.25, -0.2) is 0 Å². The molecular formula is C12H18F3NO2. The molecule has 0 aromatic heterocycles. The zero-order valence-corrected chi connectivity index (χ0v) is 10.4. The largest absolute Gasteiger partial charge is 0.393 e. The zero-order chi connectivity index (χ0) is 13.4. The van der Waals surface area contributed by atoms with Crippen LogP contribution in [0.4, 0.5) is 13.2 Å². The molecule has 1 heterocycles. The van der Waals surface area contributed by atoms with Crippen molar-refractivity contribution in [1.29, 1.82) is 0 Å². The van der Waals surface area contributed by atoms with E-state index in [1.54, 1.807) is 6.92 Å². The minimum atomic E-state index is -4.20. The fourth-order valence-corrected chi connectivity index (χ4v) is 2.69. The summed E-state index contributed by atoms with van der Waals surface area (Å²) in [5.41, 5.74) is -0.824. The first kappa shape index (κ1) is 13.6. The van der Waals surface area contributed by atoms with Crippen molar-refractivity contribution in [1.82, 2.24) is 4.90 Å². The van der Waals surface area contributed by atoms with Crippen LogP contribution in [0.25, 0.3) is 0 Å². The van der Waals surface area contributed by atoms with Crippen molar-refractivity contribution in [2.24, 2.45) is 5.92 Å². The van der Waals surface area contributed by atoms with Crippen LogP contribution in [0, 0.1) is 5.92 Å². The van der Waals surface area contributed by atoms with E-state index in [-0.39, 0.29) is 25.4 Å². The normalized spacial score (nSPS) is 27.1. The van der Waals surface area contributed by atoms with Crippen LogP contribution in [-0.2, 0) is 9.53 Å². The maximum absolute atomic E-state index is 12.6. The fraction of sp³-hybridized carbons (Fsp3) is 0.917. The van der Waals surface area contributed by atoms with E-state index >= 15 is 0 Å². The summed E-state index contributed by atoms with van der Waals surface area (Å²) in [6.45, 7) is 2.20. The Hall–Kier alpha value is -0.780. The lowest BCUT2D eigenvalue weighted by molar-refractivity contribution is -0.178. The van der Waals surface area contributed by atoms with E-state index in [1.807, 2.05) is 0 Å². The second kappa shape index (κ2) is 4.72. The maximum Gasteiger partial charge on any atom is 0.393 e. The SMILES string of the molecule is CCOC1(C(=O)N2CCC(C(F)(F)F)C2)CCC1. The van der Waals surface area contributed by atoms with Gasteiger partial charge < -0.3 is 9.64 Å². The molecule has 1 amide bonds. The second-order valence-electron chi connectivity index (χ2n) is 5.06. The summed E-state index contributed by atoms with van der Waals surface area (Å²) in [7, 11) is 0. The molecule has 0 radical (unpaired) electrons. The lowest BCUT2D eigenvalue weighted by Gasteiger charge is -2.42. The molecule has 1 unspecified atom stereocenters. The molecule has 104 valence electrons. The molecular weight excluding hydrogens is 247 g/mol. The van der Waals surface area contributed by atoms with E-state index in [0.29, 0.717) is 19.4 Å². The number of halogens is 3. The average molecular weight is 265 g/mol. The lowest BCUT2D eigenvalue weighted by Crippen LogP contribution is -2.54. The molecule has 0 aromatic rings. The van der Waals surface area contributed by atoms with Gasteiger partial charge in [0.15, 0.2) is 0 Å². The highest BCUT2D eigenvalue weighted by molar-refractivity contribution is 5.86. The quantitative estimate of drug-likeness (QED) is 0.784. The molecule has 1 aliphatic carbocycles. The lowest BCUT2D eigenvalue weighted by atomic mass is 9.78. The maximum atomic E-state index is 12.6. The van der Waals surface area contributed by atoms with Crippen LogP contribution in [0.5, 0.6) is 0 Å². The summed E-state index contributed by atoms with van der Waals surface area (Å²) in [6.07, 6.45) is -2.02. The van der Waals surface area contributed by atoms with Gasteiger partial charge in [-0.15, -0.1) is 0 Å². The molecule has 2 fully saturated rings. The summed E-state index contributed by atoms with van der Waals surface area (Å²) in [5, 5.41) is 0. The van der Waals surface area contributed by atoms with Crippen molar-refractivity contribution in [3.8, 4) is 0 Å². The summed E-state index contributed by atoms with van der Waals surface area (Å²) in [4.78, 5) is 13.6. The van der Waals surface area contributed by atoms with Gasteiger partial charge in [-0.2, -0.15) is 13.2 Å². The molecule has 0 aromatic carbocycles. The van der Waals surface area contributed by atoms with Crippen LogP contribution in [-0.4, -0.2) is 42.3 Å². The molecule has 1 saturated carbocycles. The molecule has 0 bridgehead atoms. The number of carbonyl (C=O) groups is 1. The van der Waals surface area contributed by atoms with E-state index in [1.165, 1.54) is 4.90 Å². The number of hydrogen-bond acceptors (Lipinski definition) is 2. The molecule has 2 rings (SSSR count). The van der Waals surface area contributed by atoms with Crippen molar-refractivity contribution in [2.45, 2.75) is 44.4 Å². The first-order valence-electron chi connectivity index (χ1n) is 6.39. The third-order valence-corrected chi connectivity index (χ3v) is 3.91. The van der Waals surface area contributed by atoms with Crippen LogP contribution in [0.2, 0.25) is 0 Å². The second-order valence-corrected chi connectivity index (χ2v) is 5.06. The molecule has 1 saturated heterocycles. The summed E-state index contributed by atoms with van der Waals surface area (Å²) in [5.74, 6) is -1.62. The predicted octanol–water partition coefficient (Wildman–Crippen LogP) is 2.36. The first-order valence-corrected chi connectivity index (χ1v) is 6.39. The topological polar surface area (TPSA) is 29.5 Å². The van der Waals surface area contributed by atoms with Gasteiger partial charge in [-0.05, 0) is 32.6 Å². The van der Waals surface area contributed by atoms with E-state index in [4.69, 9.17) is 4.74 Å². The van der Waals surface area contributed by atoms with E-state index in [0.717, 1.165) is 6.42 Å². The number of likely N-dealkylation sites (tertiary alicyclic amines) is 1. The Morgan fingerprint density at radius 2 is 2.11 bits per heavy atom. The Morgan fingerprint density at radius 1 is 1.44 bits per heavy atom. The van der Waals surface area contributed by atoms with Crippen molar-refractivity contribution < 1.29 is 22.7 Å². The van der Waals surface area contributed by atoms with Crippen molar-refractivity contribution in [3.05, 3.63) is 0 Å². The number of amides is 1. The van der Waals surface area contributed by atoms with Gasteiger partial charge in [0.2, 0.25) is 0 Å². The van der Waals surface area contributed by atoms with Gasteiger partial charge in [-0.3, -0.25) is 4.79 Å². The van der Waals surface area contributed by atoms with E-state index in [9.17, 15) is 18.0 Å².